The van der Waals surface area contributed by atoms with E-state index in [1.165, 1.54) is 44.5 Å². The quantitative estimate of drug-likeness (QED) is 0.249. The van der Waals surface area contributed by atoms with Crippen molar-refractivity contribution in [3.63, 3.8) is 0 Å². The number of guanidine groups is 1. The van der Waals surface area contributed by atoms with E-state index in [0.717, 1.165) is 63.8 Å². The lowest BCUT2D eigenvalue weighted by Crippen LogP contribution is -2.46. The second-order valence-electron chi connectivity index (χ2n) is 8.14. The molecule has 1 unspecified atom stereocenters. The summed E-state index contributed by atoms with van der Waals surface area (Å²) in [6, 6.07) is 0.658. The Morgan fingerprint density at radius 3 is 2.83 bits per heavy atom. The van der Waals surface area contributed by atoms with Crippen LogP contribution in [0.5, 0.6) is 0 Å². The predicted octanol–water partition coefficient (Wildman–Crippen LogP) is 2.94. The van der Waals surface area contributed by atoms with Crippen LogP contribution in [0, 0.1) is 0 Å². The third-order valence-corrected chi connectivity index (χ3v) is 6.09. The number of halogens is 1. The molecule has 0 bridgehead atoms. The Morgan fingerprint density at radius 1 is 1.17 bits per heavy atom. The van der Waals surface area contributed by atoms with Crippen molar-refractivity contribution in [1.82, 2.24) is 29.9 Å². The molecule has 1 saturated heterocycles. The summed E-state index contributed by atoms with van der Waals surface area (Å²) in [6.45, 7) is 10.7. The zero-order valence-corrected chi connectivity index (χ0v) is 20.9. The van der Waals surface area contributed by atoms with E-state index in [0.29, 0.717) is 6.04 Å². The van der Waals surface area contributed by atoms with Gasteiger partial charge in [0.05, 0.1) is 0 Å². The molecule has 3 heterocycles. The van der Waals surface area contributed by atoms with Crippen molar-refractivity contribution in [3.8, 4) is 0 Å². The van der Waals surface area contributed by atoms with Crippen molar-refractivity contribution in [2.24, 2.45) is 4.99 Å². The molecular formula is C21H40IN7. The van der Waals surface area contributed by atoms with E-state index in [9.17, 15) is 0 Å². The molecule has 3 rings (SSSR count). The largest absolute Gasteiger partial charge is 0.357 e. The number of likely N-dealkylation sites (N-methyl/N-ethyl adjacent to an activating group) is 2. The summed E-state index contributed by atoms with van der Waals surface area (Å²) in [5, 5.41) is 12.3. The smallest absolute Gasteiger partial charge is 0.193 e. The van der Waals surface area contributed by atoms with Gasteiger partial charge in [-0.2, -0.15) is 0 Å². The number of fused-ring (bicyclic) bond motifs is 1. The van der Waals surface area contributed by atoms with Crippen LogP contribution in [0.25, 0.3) is 0 Å². The van der Waals surface area contributed by atoms with Crippen LogP contribution < -0.4 is 5.32 Å². The molecule has 1 aromatic rings. The summed E-state index contributed by atoms with van der Waals surface area (Å²) in [7, 11) is 2.17. The fraction of sp³-hybridized carbons (Fsp3) is 0.857. The molecule has 1 N–H and O–H groups in total. The van der Waals surface area contributed by atoms with Crippen molar-refractivity contribution >= 4 is 29.9 Å². The van der Waals surface area contributed by atoms with Crippen molar-refractivity contribution in [2.45, 2.75) is 77.8 Å². The van der Waals surface area contributed by atoms with Crippen molar-refractivity contribution < 1.29 is 0 Å². The molecule has 0 aromatic carbocycles. The van der Waals surface area contributed by atoms with Gasteiger partial charge in [0.15, 0.2) is 5.96 Å². The number of aliphatic imine (C=N–C) groups is 1. The summed E-state index contributed by atoms with van der Waals surface area (Å²) < 4.78 is 2.35. The van der Waals surface area contributed by atoms with E-state index < -0.39 is 0 Å². The van der Waals surface area contributed by atoms with Gasteiger partial charge in [-0.05, 0) is 52.1 Å². The number of nitrogens with one attached hydrogen (secondary N) is 1. The lowest BCUT2D eigenvalue weighted by atomic mass is 10.2. The highest BCUT2D eigenvalue weighted by molar-refractivity contribution is 14.0. The molecule has 8 heteroatoms. The lowest BCUT2D eigenvalue weighted by Gasteiger charge is -2.29. The van der Waals surface area contributed by atoms with E-state index in [2.05, 4.69) is 50.8 Å². The van der Waals surface area contributed by atoms with E-state index >= 15 is 0 Å². The summed E-state index contributed by atoms with van der Waals surface area (Å²) in [6.07, 6.45) is 9.49. The Morgan fingerprint density at radius 2 is 2.03 bits per heavy atom. The molecular weight excluding hydrogens is 477 g/mol. The summed E-state index contributed by atoms with van der Waals surface area (Å²) in [5.74, 6) is 3.36. The molecule has 1 atom stereocenters. The van der Waals surface area contributed by atoms with Crippen molar-refractivity contribution in [2.75, 3.05) is 39.8 Å². The van der Waals surface area contributed by atoms with E-state index in [4.69, 9.17) is 4.99 Å². The Labute approximate surface area is 193 Å². The Kier molecular flexibility index (Phi) is 10.7. The topological polar surface area (TPSA) is 61.6 Å². The van der Waals surface area contributed by atoms with Crippen LogP contribution in [-0.4, -0.2) is 76.3 Å². The number of nitrogens with zero attached hydrogens (tertiary/aromatic N) is 6. The predicted molar refractivity (Wildman–Crippen MR) is 130 cm³/mol. The average Bonchev–Trinajstić information content (AvgIpc) is 3.23. The maximum absolute atomic E-state index is 4.89. The van der Waals surface area contributed by atoms with E-state index in [1.807, 2.05) is 0 Å². The zero-order valence-electron chi connectivity index (χ0n) is 18.6. The maximum Gasteiger partial charge on any atom is 0.193 e. The summed E-state index contributed by atoms with van der Waals surface area (Å²) >= 11 is 0. The molecule has 0 aliphatic carbocycles. The van der Waals surface area contributed by atoms with Gasteiger partial charge in [-0.25, -0.2) is 0 Å². The third kappa shape index (κ3) is 6.80. The fourth-order valence-corrected chi connectivity index (χ4v) is 4.54. The number of aryl methyl sites for hydroxylation is 2. The van der Waals surface area contributed by atoms with Gasteiger partial charge in [0, 0.05) is 52.1 Å². The number of likely N-dealkylation sites (tertiary alicyclic amines) is 1. The van der Waals surface area contributed by atoms with E-state index in [1.54, 1.807) is 0 Å². The second-order valence-corrected chi connectivity index (χ2v) is 8.14. The van der Waals surface area contributed by atoms with Gasteiger partial charge in [-0.15, -0.1) is 34.2 Å². The first kappa shape index (κ1) is 24.4. The van der Waals surface area contributed by atoms with Crippen molar-refractivity contribution in [1.29, 1.82) is 0 Å². The minimum atomic E-state index is 0. The number of hydrogen-bond donors (Lipinski definition) is 1. The van der Waals surface area contributed by atoms with Gasteiger partial charge in [0.1, 0.15) is 11.6 Å². The highest BCUT2D eigenvalue weighted by Crippen LogP contribution is 2.17. The molecule has 2 aliphatic heterocycles. The first-order chi connectivity index (χ1) is 13.7. The average molecular weight is 518 g/mol. The lowest BCUT2D eigenvalue weighted by molar-refractivity contribution is 0.232. The second kappa shape index (κ2) is 12.7. The highest BCUT2D eigenvalue weighted by Gasteiger charge is 2.25. The third-order valence-electron chi connectivity index (χ3n) is 6.09. The molecule has 1 fully saturated rings. The minimum absolute atomic E-state index is 0. The molecule has 1 aromatic heterocycles. The number of aromatic nitrogens is 3. The van der Waals surface area contributed by atoms with Gasteiger partial charge in [-0.1, -0.05) is 13.3 Å². The first-order valence-corrected chi connectivity index (χ1v) is 11.4. The SMILES string of the molecule is CCNC(=NCCCc1nnc2n1CCCCC2)N(C)CC1CCCN1CC.I. The van der Waals surface area contributed by atoms with Gasteiger partial charge in [0.25, 0.3) is 0 Å². The molecule has 29 heavy (non-hydrogen) atoms. The van der Waals surface area contributed by atoms with Crippen LogP contribution in [0.4, 0.5) is 0 Å². The van der Waals surface area contributed by atoms with Gasteiger partial charge in [-0.3, -0.25) is 9.89 Å². The number of rotatable bonds is 8. The molecule has 0 radical (unpaired) electrons. The molecule has 7 nitrogen and oxygen atoms in total. The van der Waals surface area contributed by atoms with E-state index in [-0.39, 0.29) is 24.0 Å². The molecule has 0 saturated carbocycles. The van der Waals surface area contributed by atoms with Gasteiger partial charge >= 0.3 is 0 Å². The van der Waals surface area contributed by atoms with Crippen LogP contribution in [-0.2, 0) is 19.4 Å². The Bertz CT molecular complexity index is 631. The van der Waals surface area contributed by atoms with Crippen LogP contribution in [0.2, 0.25) is 0 Å². The first-order valence-electron chi connectivity index (χ1n) is 11.4. The minimum Gasteiger partial charge on any atom is -0.357 e. The molecule has 166 valence electrons. The van der Waals surface area contributed by atoms with Crippen LogP contribution in [0.1, 0.15) is 64.0 Å². The van der Waals surface area contributed by atoms with Gasteiger partial charge < -0.3 is 14.8 Å². The molecule has 0 amide bonds. The fourth-order valence-electron chi connectivity index (χ4n) is 4.54. The Hall–Kier alpha value is -0.900. The van der Waals surface area contributed by atoms with Crippen molar-refractivity contribution in [3.05, 3.63) is 11.6 Å². The van der Waals surface area contributed by atoms with Gasteiger partial charge in [0.2, 0.25) is 0 Å². The Balaban J connectivity index is 0.00000300. The molecule has 2 aliphatic rings. The normalized spacial score (nSPS) is 20.1. The monoisotopic (exact) mass is 517 g/mol. The number of hydrogen-bond acceptors (Lipinski definition) is 4. The van der Waals surface area contributed by atoms with Crippen LogP contribution in [0.3, 0.4) is 0 Å². The molecule has 0 spiro atoms. The zero-order chi connectivity index (χ0) is 19.8. The highest BCUT2D eigenvalue weighted by atomic mass is 127. The standard InChI is InChI=1S/C21H39N7.HI/c1-4-22-21(26(3)17-18-11-10-15-27(18)5-2)23-14-9-13-20-25-24-19-12-7-6-8-16-28(19)20;/h18H,4-17H2,1-3H3,(H,22,23);1H. The summed E-state index contributed by atoms with van der Waals surface area (Å²) in [4.78, 5) is 9.80. The van der Waals surface area contributed by atoms with Crippen LogP contribution >= 0.6 is 24.0 Å². The maximum atomic E-state index is 4.89. The van der Waals surface area contributed by atoms with Crippen LogP contribution in [0.15, 0.2) is 4.99 Å². The summed E-state index contributed by atoms with van der Waals surface area (Å²) in [5.41, 5.74) is 0.